The summed E-state index contributed by atoms with van der Waals surface area (Å²) < 4.78 is 38.1. The third-order valence-corrected chi connectivity index (χ3v) is 2.36. The molecule has 2 rings (SSSR count). The lowest BCUT2D eigenvalue weighted by molar-refractivity contribution is -0.136. The predicted octanol–water partition coefficient (Wildman–Crippen LogP) is 3.83. The Kier molecular flexibility index (Phi) is 2.69. The number of carbonyl (C=O) groups excluding carboxylic acids is 1. The molecule has 0 saturated heterocycles. The van der Waals surface area contributed by atoms with Crippen LogP contribution in [0.15, 0.2) is 41.4 Å². The summed E-state index contributed by atoms with van der Waals surface area (Å²) in [6.07, 6.45) is -3.38. The van der Waals surface area contributed by atoms with E-state index in [1.165, 1.54) is 12.1 Å². The third kappa shape index (κ3) is 2.05. The molecule has 0 aliphatic rings. The first-order chi connectivity index (χ1) is 8.04. The molecule has 17 heavy (non-hydrogen) atoms. The van der Waals surface area contributed by atoms with Crippen LogP contribution in [-0.4, -0.2) is 6.08 Å². The highest BCUT2D eigenvalue weighted by Gasteiger charge is 2.34. The molecule has 0 spiro atoms. The predicted molar refractivity (Wildman–Crippen MR) is 56.7 cm³/mol. The van der Waals surface area contributed by atoms with Crippen LogP contribution in [0.2, 0.25) is 0 Å². The van der Waals surface area contributed by atoms with E-state index in [0.29, 0.717) is 5.39 Å². The first-order valence-corrected chi connectivity index (χ1v) is 4.71. The van der Waals surface area contributed by atoms with E-state index in [1.807, 2.05) is 0 Å². The van der Waals surface area contributed by atoms with Crippen molar-refractivity contribution in [1.29, 1.82) is 0 Å². The normalized spacial score (nSPS) is 11.2. The second kappa shape index (κ2) is 4.03. The Morgan fingerprint density at radius 2 is 1.76 bits per heavy atom. The average molecular weight is 237 g/mol. The Labute approximate surface area is 94.4 Å². The molecule has 0 radical (unpaired) electrons. The largest absolute Gasteiger partial charge is 0.418 e. The molecule has 0 aliphatic carbocycles. The summed E-state index contributed by atoms with van der Waals surface area (Å²) in [5.74, 6) is 0. The Morgan fingerprint density at radius 3 is 2.41 bits per heavy atom. The van der Waals surface area contributed by atoms with Crippen LogP contribution < -0.4 is 0 Å². The van der Waals surface area contributed by atoms with E-state index in [4.69, 9.17) is 0 Å². The van der Waals surface area contributed by atoms with Crippen LogP contribution in [-0.2, 0) is 11.0 Å². The molecule has 0 aliphatic heterocycles. The molecule has 5 heteroatoms. The minimum absolute atomic E-state index is 0.283. The van der Waals surface area contributed by atoms with Gasteiger partial charge >= 0.3 is 6.18 Å². The Balaban J connectivity index is 2.87. The molecule has 2 aromatic rings. The summed E-state index contributed by atoms with van der Waals surface area (Å²) in [5, 5.41) is 0.875. The van der Waals surface area contributed by atoms with Crippen molar-refractivity contribution in [3.8, 4) is 0 Å². The van der Waals surface area contributed by atoms with E-state index >= 15 is 0 Å². The van der Waals surface area contributed by atoms with E-state index in [1.54, 1.807) is 18.2 Å². The molecule has 0 amide bonds. The fourth-order valence-corrected chi connectivity index (χ4v) is 1.65. The van der Waals surface area contributed by atoms with Crippen molar-refractivity contribution in [3.05, 3.63) is 42.0 Å². The van der Waals surface area contributed by atoms with Crippen LogP contribution in [0.4, 0.5) is 18.9 Å². The molecular weight excluding hydrogens is 231 g/mol. The van der Waals surface area contributed by atoms with Gasteiger partial charge in [-0.2, -0.15) is 18.2 Å². The molecule has 0 heterocycles. The third-order valence-electron chi connectivity index (χ3n) is 2.36. The number of alkyl halides is 3. The van der Waals surface area contributed by atoms with Crippen molar-refractivity contribution in [1.82, 2.24) is 0 Å². The number of halogens is 3. The number of isocyanates is 1. The molecule has 2 aromatic carbocycles. The SMILES string of the molecule is O=C=Nc1c(C(F)(F)F)ccc2ccccc12. The molecule has 0 fully saturated rings. The highest BCUT2D eigenvalue weighted by molar-refractivity contribution is 5.95. The van der Waals surface area contributed by atoms with Gasteiger partial charge in [-0.15, -0.1) is 0 Å². The van der Waals surface area contributed by atoms with Gasteiger partial charge in [0.1, 0.15) is 0 Å². The first kappa shape index (κ1) is 11.4. The van der Waals surface area contributed by atoms with Crippen LogP contribution in [0.25, 0.3) is 10.8 Å². The zero-order chi connectivity index (χ0) is 12.5. The van der Waals surface area contributed by atoms with Crippen molar-refractivity contribution in [3.63, 3.8) is 0 Å². The number of aliphatic imine (C=N–C) groups is 1. The smallest absolute Gasteiger partial charge is 0.211 e. The first-order valence-electron chi connectivity index (χ1n) is 4.71. The maximum Gasteiger partial charge on any atom is 0.418 e. The molecule has 2 nitrogen and oxygen atoms in total. The lowest BCUT2D eigenvalue weighted by atomic mass is 10.0. The van der Waals surface area contributed by atoms with Crippen LogP contribution in [0.1, 0.15) is 5.56 Å². The molecule has 0 unspecified atom stereocenters. The molecule has 0 atom stereocenters. The zero-order valence-electron chi connectivity index (χ0n) is 8.45. The average Bonchev–Trinajstić information content (AvgIpc) is 2.28. The quantitative estimate of drug-likeness (QED) is 0.547. The molecule has 0 bridgehead atoms. The van der Waals surface area contributed by atoms with E-state index in [2.05, 4.69) is 4.99 Å². The van der Waals surface area contributed by atoms with Crippen molar-refractivity contribution in [2.75, 3.05) is 0 Å². The fraction of sp³-hybridized carbons (Fsp3) is 0.0833. The van der Waals surface area contributed by atoms with Gasteiger partial charge in [-0.25, -0.2) is 4.79 Å². The van der Waals surface area contributed by atoms with Gasteiger partial charge in [0.25, 0.3) is 0 Å². The minimum Gasteiger partial charge on any atom is -0.211 e. The van der Waals surface area contributed by atoms with E-state index < -0.39 is 11.7 Å². The Hall–Kier alpha value is -2.13. The molecule has 86 valence electrons. The van der Waals surface area contributed by atoms with Crippen molar-refractivity contribution >= 4 is 22.5 Å². The second-order valence-corrected chi connectivity index (χ2v) is 3.38. The Bertz CT molecular complexity index is 613. The van der Waals surface area contributed by atoms with Crippen LogP contribution >= 0.6 is 0 Å². The highest BCUT2D eigenvalue weighted by atomic mass is 19.4. The molecular formula is C12H6F3NO. The Morgan fingerprint density at radius 1 is 1.06 bits per heavy atom. The van der Waals surface area contributed by atoms with Gasteiger partial charge in [0.15, 0.2) is 0 Å². The summed E-state index contributed by atoms with van der Waals surface area (Å²) in [5.41, 5.74) is -1.31. The molecule has 0 N–H and O–H groups in total. The van der Waals surface area contributed by atoms with Crippen molar-refractivity contribution < 1.29 is 18.0 Å². The molecule has 0 saturated carbocycles. The number of fused-ring (bicyclic) bond motifs is 1. The van der Waals surface area contributed by atoms with Crippen LogP contribution in [0, 0.1) is 0 Å². The fourth-order valence-electron chi connectivity index (χ4n) is 1.65. The zero-order valence-corrected chi connectivity index (χ0v) is 8.45. The van der Waals surface area contributed by atoms with Gasteiger partial charge in [0.2, 0.25) is 6.08 Å². The number of rotatable bonds is 1. The lowest BCUT2D eigenvalue weighted by Gasteiger charge is -2.11. The molecule has 0 aromatic heterocycles. The van der Waals surface area contributed by atoms with Gasteiger partial charge < -0.3 is 0 Å². The number of hydrogen-bond acceptors (Lipinski definition) is 2. The van der Waals surface area contributed by atoms with Crippen molar-refractivity contribution in [2.24, 2.45) is 4.99 Å². The summed E-state index contributed by atoms with van der Waals surface area (Å²) in [4.78, 5) is 13.4. The van der Waals surface area contributed by atoms with Gasteiger partial charge in [0.05, 0.1) is 11.3 Å². The maximum absolute atomic E-state index is 12.7. The van der Waals surface area contributed by atoms with E-state index in [-0.39, 0.29) is 11.1 Å². The number of benzene rings is 2. The monoisotopic (exact) mass is 237 g/mol. The van der Waals surface area contributed by atoms with Crippen LogP contribution in [0.3, 0.4) is 0 Å². The van der Waals surface area contributed by atoms with E-state index in [9.17, 15) is 18.0 Å². The topological polar surface area (TPSA) is 29.4 Å². The maximum atomic E-state index is 12.7. The van der Waals surface area contributed by atoms with E-state index in [0.717, 1.165) is 12.1 Å². The lowest BCUT2D eigenvalue weighted by Crippen LogP contribution is -2.05. The number of hydrogen-bond donors (Lipinski definition) is 0. The van der Waals surface area contributed by atoms with Gasteiger partial charge in [-0.1, -0.05) is 30.3 Å². The highest BCUT2D eigenvalue weighted by Crippen LogP contribution is 2.40. The van der Waals surface area contributed by atoms with Gasteiger partial charge in [-0.05, 0) is 11.5 Å². The van der Waals surface area contributed by atoms with Gasteiger partial charge in [0, 0.05) is 5.39 Å². The number of nitrogens with zero attached hydrogens (tertiary/aromatic N) is 1. The minimum atomic E-state index is -4.54. The van der Waals surface area contributed by atoms with Gasteiger partial charge in [-0.3, -0.25) is 0 Å². The summed E-state index contributed by atoms with van der Waals surface area (Å²) >= 11 is 0. The van der Waals surface area contributed by atoms with Crippen molar-refractivity contribution in [2.45, 2.75) is 6.18 Å². The summed E-state index contributed by atoms with van der Waals surface area (Å²) in [6.45, 7) is 0. The summed E-state index contributed by atoms with van der Waals surface area (Å²) in [6, 6.07) is 8.69. The van der Waals surface area contributed by atoms with Crippen LogP contribution in [0.5, 0.6) is 0 Å². The second-order valence-electron chi connectivity index (χ2n) is 3.38. The summed E-state index contributed by atoms with van der Waals surface area (Å²) in [7, 11) is 0. The standard InChI is InChI=1S/C12H6F3NO/c13-12(14,15)10-6-5-8-3-1-2-4-9(8)11(10)16-7-17/h1-6H.